The lowest BCUT2D eigenvalue weighted by Gasteiger charge is -2.09. The molecule has 1 atom stereocenters. The van der Waals surface area contributed by atoms with E-state index in [1.165, 1.54) is 0 Å². The van der Waals surface area contributed by atoms with Crippen molar-refractivity contribution in [1.29, 1.82) is 5.26 Å². The predicted octanol–water partition coefficient (Wildman–Crippen LogP) is 0.237. The number of hydrogen-bond acceptors (Lipinski definition) is 3. The third-order valence-electron chi connectivity index (χ3n) is 1.22. The zero-order valence-electron chi connectivity index (χ0n) is 5.41. The van der Waals surface area contributed by atoms with Crippen LogP contribution >= 0.6 is 0 Å². The first-order valence-electron chi connectivity index (χ1n) is 2.91. The largest absolute Gasteiger partial charge is 0.368 e. The van der Waals surface area contributed by atoms with Crippen molar-refractivity contribution < 1.29 is 10.2 Å². The smallest absolute Gasteiger partial charge is 0.154 e. The van der Waals surface area contributed by atoms with Gasteiger partial charge in [0.1, 0.15) is 0 Å². The highest BCUT2D eigenvalue weighted by Gasteiger charge is 2.08. The average Bonchev–Trinajstić information content (AvgIpc) is 1.82. The molecule has 0 spiro atoms. The fourth-order valence-electron chi connectivity index (χ4n) is 0.441. The van der Waals surface area contributed by atoms with Crippen molar-refractivity contribution in [1.82, 2.24) is 0 Å². The minimum atomic E-state index is -1.28. The second-order valence-corrected chi connectivity index (χ2v) is 2.09. The fourth-order valence-corrected chi connectivity index (χ4v) is 0.441. The Morgan fingerprint density at radius 2 is 2.11 bits per heavy atom. The van der Waals surface area contributed by atoms with Crippen LogP contribution in [0.1, 0.15) is 19.8 Å². The van der Waals surface area contributed by atoms with E-state index in [0.717, 1.165) is 0 Å². The van der Waals surface area contributed by atoms with Gasteiger partial charge < -0.3 is 10.2 Å². The second-order valence-electron chi connectivity index (χ2n) is 2.09. The molecule has 9 heavy (non-hydrogen) atoms. The maximum atomic E-state index is 8.49. The quantitative estimate of drug-likeness (QED) is 0.536. The van der Waals surface area contributed by atoms with Crippen molar-refractivity contribution in [2.45, 2.75) is 26.1 Å². The van der Waals surface area contributed by atoms with Crippen LogP contribution in [0.15, 0.2) is 0 Å². The molecule has 0 aromatic heterocycles. The molecule has 0 saturated carbocycles. The summed E-state index contributed by atoms with van der Waals surface area (Å²) >= 11 is 0. The van der Waals surface area contributed by atoms with Crippen LogP contribution in [0.4, 0.5) is 0 Å². The lowest BCUT2D eigenvalue weighted by molar-refractivity contribution is -0.0799. The Balaban J connectivity index is 3.29. The molecule has 3 heteroatoms. The molecule has 0 bridgehead atoms. The standard InChI is InChI=1S/C6H11NO2/c1-5(6(8)9)3-2-4-7/h5-6,8-9H,2-3H2,1H3. The van der Waals surface area contributed by atoms with Crippen LogP contribution in [0.3, 0.4) is 0 Å². The van der Waals surface area contributed by atoms with Gasteiger partial charge in [-0.15, -0.1) is 0 Å². The summed E-state index contributed by atoms with van der Waals surface area (Å²) in [6.07, 6.45) is -0.342. The Bertz CT molecular complexity index is 106. The highest BCUT2D eigenvalue weighted by molar-refractivity contribution is 4.70. The summed E-state index contributed by atoms with van der Waals surface area (Å²) in [5.74, 6) is -0.190. The Morgan fingerprint density at radius 3 is 2.44 bits per heavy atom. The molecule has 0 heterocycles. The Labute approximate surface area is 54.5 Å². The highest BCUT2D eigenvalue weighted by atomic mass is 16.5. The van der Waals surface area contributed by atoms with Crippen LogP contribution in [0.25, 0.3) is 0 Å². The van der Waals surface area contributed by atoms with Crippen molar-refractivity contribution in [3.8, 4) is 6.07 Å². The number of aliphatic hydroxyl groups is 2. The van der Waals surface area contributed by atoms with E-state index in [-0.39, 0.29) is 5.92 Å². The molecule has 0 aromatic carbocycles. The maximum Gasteiger partial charge on any atom is 0.154 e. The van der Waals surface area contributed by atoms with Gasteiger partial charge in [0.15, 0.2) is 6.29 Å². The Kier molecular flexibility index (Phi) is 4.02. The van der Waals surface area contributed by atoms with Crippen molar-refractivity contribution in [2.24, 2.45) is 5.92 Å². The van der Waals surface area contributed by atoms with E-state index in [0.29, 0.717) is 12.8 Å². The van der Waals surface area contributed by atoms with E-state index < -0.39 is 6.29 Å². The molecule has 3 nitrogen and oxygen atoms in total. The SMILES string of the molecule is CC(CCC#N)C(O)O. The summed E-state index contributed by atoms with van der Waals surface area (Å²) in [5.41, 5.74) is 0. The van der Waals surface area contributed by atoms with Gasteiger partial charge >= 0.3 is 0 Å². The number of hydrogen-bond donors (Lipinski definition) is 2. The summed E-state index contributed by atoms with van der Waals surface area (Å²) in [6, 6.07) is 1.93. The summed E-state index contributed by atoms with van der Waals surface area (Å²) in [5, 5.41) is 25.1. The van der Waals surface area contributed by atoms with Gasteiger partial charge in [-0.2, -0.15) is 5.26 Å². The number of rotatable bonds is 3. The van der Waals surface area contributed by atoms with Gasteiger partial charge in [0, 0.05) is 12.3 Å². The van der Waals surface area contributed by atoms with Crippen LogP contribution in [0.5, 0.6) is 0 Å². The van der Waals surface area contributed by atoms with E-state index in [1.54, 1.807) is 6.92 Å². The third kappa shape index (κ3) is 3.95. The van der Waals surface area contributed by atoms with Gasteiger partial charge in [0.05, 0.1) is 6.07 Å². The molecule has 0 aliphatic rings. The molecule has 0 radical (unpaired) electrons. The fraction of sp³-hybridized carbons (Fsp3) is 0.833. The van der Waals surface area contributed by atoms with Gasteiger partial charge in [0.25, 0.3) is 0 Å². The van der Waals surface area contributed by atoms with Crippen molar-refractivity contribution in [2.75, 3.05) is 0 Å². The first-order valence-corrected chi connectivity index (χ1v) is 2.91. The van der Waals surface area contributed by atoms with Crippen LogP contribution in [-0.2, 0) is 0 Å². The van der Waals surface area contributed by atoms with E-state index in [9.17, 15) is 0 Å². The number of nitriles is 1. The average molecular weight is 129 g/mol. The zero-order valence-corrected chi connectivity index (χ0v) is 5.41. The minimum Gasteiger partial charge on any atom is -0.368 e. The first kappa shape index (κ1) is 8.41. The van der Waals surface area contributed by atoms with Crippen LogP contribution < -0.4 is 0 Å². The zero-order chi connectivity index (χ0) is 7.28. The maximum absolute atomic E-state index is 8.49. The molecule has 0 aromatic rings. The molecule has 0 rings (SSSR count). The molecule has 1 unspecified atom stereocenters. The van der Waals surface area contributed by atoms with Crippen molar-refractivity contribution in [3.63, 3.8) is 0 Å². The lowest BCUT2D eigenvalue weighted by Crippen LogP contribution is -2.15. The van der Waals surface area contributed by atoms with Crippen LogP contribution in [-0.4, -0.2) is 16.5 Å². The van der Waals surface area contributed by atoms with Gasteiger partial charge in [-0.1, -0.05) is 6.92 Å². The minimum absolute atomic E-state index is 0.190. The lowest BCUT2D eigenvalue weighted by atomic mass is 10.1. The number of aliphatic hydroxyl groups excluding tert-OH is 1. The molecule has 0 amide bonds. The van der Waals surface area contributed by atoms with Gasteiger partial charge in [-0.05, 0) is 6.42 Å². The Morgan fingerprint density at radius 1 is 1.56 bits per heavy atom. The molecule has 52 valence electrons. The van der Waals surface area contributed by atoms with Crippen molar-refractivity contribution in [3.05, 3.63) is 0 Å². The first-order chi connectivity index (χ1) is 4.18. The normalized spacial score (nSPS) is 13.2. The topological polar surface area (TPSA) is 64.2 Å². The van der Waals surface area contributed by atoms with Crippen molar-refractivity contribution >= 4 is 0 Å². The molecule has 0 aliphatic carbocycles. The molecule has 0 aliphatic heterocycles. The van der Waals surface area contributed by atoms with E-state index in [4.69, 9.17) is 15.5 Å². The van der Waals surface area contributed by atoms with Gasteiger partial charge in [-0.3, -0.25) is 0 Å². The number of nitrogens with zero attached hydrogens (tertiary/aromatic N) is 1. The summed E-state index contributed by atoms with van der Waals surface area (Å²) in [7, 11) is 0. The summed E-state index contributed by atoms with van der Waals surface area (Å²) in [4.78, 5) is 0. The molecule has 0 fully saturated rings. The van der Waals surface area contributed by atoms with Crippen LogP contribution in [0.2, 0.25) is 0 Å². The highest BCUT2D eigenvalue weighted by Crippen LogP contribution is 2.07. The van der Waals surface area contributed by atoms with E-state index >= 15 is 0 Å². The molecular formula is C6H11NO2. The molecule has 2 N–H and O–H groups in total. The van der Waals surface area contributed by atoms with E-state index in [1.807, 2.05) is 6.07 Å². The van der Waals surface area contributed by atoms with Gasteiger partial charge in [0.2, 0.25) is 0 Å². The third-order valence-corrected chi connectivity index (χ3v) is 1.22. The summed E-state index contributed by atoms with van der Waals surface area (Å²) < 4.78 is 0. The monoisotopic (exact) mass is 129 g/mol. The summed E-state index contributed by atoms with van der Waals surface area (Å²) in [6.45, 7) is 1.70. The molecular weight excluding hydrogens is 118 g/mol. The Hall–Kier alpha value is -0.590. The van der Waals surface area contributed by atoms with Gasteiger partial charge in [-0.25, -0.2) is 0 Å². The van der Waals surface area contributed by atoms with E-state index in [2.05, 4.69) is 0 Å². The molecule has 0 saturated heterocycles. The second kappa shape index (κ2) is 4.30. The predicted molar refractivity (Wildman–Crippen MR) is 32.2 cm³/mol. The van der Waals surface area contributed by atoms with Crippen LogP contribution in [0, 0.1) is 17.2 Å².